The van der Waals surface area contributed by atoms with Crippen LogP contribution in [0.5, 0.6) is 0 Å². The van der Waals surface area contributed by atoms with E-state index in [2.05, 4.69) is 0 Å². The van der Waals surface area contributed by atoms with E-state index in [-0.39, 0.29) is 18.1 Å². The number of aryl methyl sites for hydroxylation is 1. The summed E-state index contributed by atoms with van der Waals surface area (Å²) in [6.45, 7) is 5.12. The maximum absolute atomic E-state index is 12.9. The van der Waals surface area contributed by atoms with Crippen molar-refractivity contribution in [3.05, 3.63) is 71.3 Å². The van der Waals surface area contributed by atoms with Gasteiger partial charge in [-0.25, -0.2) is 0 Å². The molecule has 126 valence electrons. The Morgan fingerprint density at radius 2 is 1.79 bits per heavy atom. The Balaban J connectivity index is 1.75. The number of hydrogen-bond donors (Lipinski definition) is 1. The van der Waals surface area contributed by atoms with Gasteiger partial charge in [0.25, 0.3) is 0 Å². The van der Waals surface area contributed by atoms with Gasteiger partial charge in [-0.15, -0.1) is 0 Å². The molecule has 3 unspecified atom stereocenters. The van der Waals surface area contributed by atoms with E-state index in [0.717, 1.165) is 16.7 Å². The van der Waals surface area contributed by atoms with E-state index >= 15 is 0 Å². The second-order valence-corrected chi connectivity index (χ2v) is 6.48. The van der Waals surface area contributed by atoms with E-state index in [0.29, 0.717) is 13.1 Å². The van der Waals surface area contributed by atoms with E-state index in [1.54, 1.807) is 0 Å². The van der Waals surface area contributed by atoms with Gasteiger partial charge in [-0.05, 0) is 25.0 Å². The van der Waals surface area contributed by atoms with Crippen molar-refractivity contribution in [3.8, 4) is 0 Å². The van der Waals surface area contributed by atoms with Gasteiger partial charge in [0.05, 0.1) is 12.6 Å². The van der Waals surface area contributed by atoms with E-state index in [1.807, 2.05) is 73.3 Å². The maximum Gasteiger partial charge on any atom is 0.244 e. The van der Waals surface area contributed by atoms with Gasteiger partial charge in [-0.2, -0.15) is 0 Å². The smallest absolute Gasteiger partial charge is 0.244 e. The first-order valence-electron chi connectivity index (χ1n) is 8.36. The first-order valence-corrected chi connectivity index (χ1v) is 8.36. The molecule has 2 aromatic rings. The molecule has 1 aliphatic rings. The monoisotopic (exact) mass is 324 g/mol. The molecule has 1 amide bonds. The highest BCUT2D eigenvalue weighted by Crippen LogP contribution is 2.26. The van der Waals surface area contributed by atoms with Gasteiger partial charge in [0, 0.05) is 6.54 Å². The zero-order valence-corrected chi connectivity index (χ0v) is 14.2. The average molecular weight is 324 g/mol. The van der Waals surface area contributed by atoms with Crippen LogP contribution in [0.3, 0.4) is 0 Å². The molecule has 2 N–H and O–H groups in total. The van der Waals surface area contributed by atoms with Gasteiger partial charge < -0.3 is 15.4 Å². The Morgan fingerprint density at radius 1 is 1.12 bits per heavy atom. The zero-order valence-electron chi connectivity index (χ0n) is 14.2. The third kappa shape index (κ3) is 3.66. The minimum Gasteiger partial charge on any atom is -0.367 e. The highest BCUT2D eigenvalue weighted by molar-refractivity contribution is 5.83. The summed E-state index contributed by atoms with van der Waals surface area (Å²) in [5.41, 5.74) is 9.31. The summed E-state index contributed by atoms with van der Waals surface area (Å²) in [7, 11) is 0. The molecule has 0 radical (unpaired) electrons. The van der Waals surface area contributed by atoms with Gasteiger partial charge >= 0.3 is 0 Å². The van der Waals surface area contributed by atoms with Crippen molar-refractivity contribution in [1.29, 1.82) is 0 Å². The maximum atomic E-state index is 12.9. The molecule has 1 aliphatic heterocycles. The predicted molar refractivity (Wildman–Crippen MR) is 94.4 cm³/mol. The summed E-state index contributed by atoms with van der Waals surface area (Å²) in [5, 5.41) is 0. The number of hydrogen-bond acceptors (Lipinski definition) is 3. The number of carbonyl (C=O) groups is 1. The number of nitrogens with two attached hydrogens (primary N) is 1. The molecule has 1 fully saturated rings. The Bertz CT molecular complexity index is 685. The second kappa shape index (κ2) is 7.16. The van der Waals surface area contributed by atoms with Gasteiger partial charge in [0.1, 0.15) is 12.1 Å². The van der Waals surface area contributed by atoms with Crippen molar-refractivity contribution in [2.75, 3.05) is 13.1 Å². The Labute approximate surface area is 143 Å². The van der Waals surface area contributed by atoms with Crippen LogP contribution in [0.25, 0.3) is 0 Å². The minimum absolute atomic E-state index is 0.0156. The first kappa shape index (κ1) is 16.7. The average Bonchev–Trinajstić information content (AvgIpc) is 2.61. The molecule has 2 aromatic carbocycles. The van der Waals surface area contributed by atoms with Crippen LogP contribution in [-0.4, -0.2) is 30.0 Å². The molecule has 0 saturated carbocycles. The number of morpholine rings is 1. The molecule has 0 bridgehead atoms. The van der Waals surface area contributed by atoms with Crippen molar-refractivity contribution < 1.29 is 9.53 Å². The third-order valence-corrected chi connectivity index (χ3v) is 4.45. The van der Waals surface area contributed by atoms with Crippen LogP contribution in [0, 0.1) is 6.92 Å². The number of benzene rings is 2. The van der Waals surface area contributed by atoms with Gasteiger partial charge in [0.2, 0.25) is 5.91 Å². The second-order valence-electron chi connectivity index (χ2n) is 6.48. The quantitative estimate of drug-likeness (QED) is 0.944. The van der Waals surface area contributed by atoms with Crippen LogP contribution in [0.1, 0.15) is 35.8 Å². The van der Waals surface area contributed by atoms with Crippen LogP contribution in [0.2, 0.25) is 0 Å². The number of nitrogens with zero attached hydrogens (tertiary/aromatic N) is 1. The molecule has 0 aromatic heterocycles. The largest absolute Gasteiger partial charge is 0.367 e. The molecular formula is C20H24N2O2. The predicted octanol–water partition coefficient (Wildman–Crippen LogP) is 2.98. The molecule has 1 heterocycles. The van der Waals surface area contributed by atoms with Crippen molar-refractivity contribution in [3.63, 3.8) is 0 Å². The van der Waals surface area contributed by atoms with Crippen LogP contribution in [0.4, 0.5) is 0 Å². The Morgan fingerprint density at radius 3 is 2.46 bits per heavy atom. The van der Waals surface area contributed by atoms with Gasteiger partial charge in [-0.1, -0.05) is 60.2 Å². The normalized spacial score (nSPS) is 22.2. The van der Waals surface area contributed by atoms with E-state index in [1.165, 1.54) is 0 Å². The lowest BCUT2D eigenvalue weighted by Crippen LogP contribution is -2.48. The SMILES string of the molecule is Cc1ccc(C(N)C(=O)N2CC(C)OC(c3ccccc3)C2)cc1. The number of carbonyl (C=O) groups excluding carboxylic acids is 1. The lowest BCUT2D eigenvalue weighted by Gasteiger charge is -2.38. The highest BCUT2D eigenvalue weighted by atomic mass is 16.5. The molecule has 3 rings (SSSR count). The highest BCUT2D eigenvalue weighted by Gasteiger charge is 2.32. The third-order valence-electron chi connectivity index (χ3n) is 4.45. The fraction of sp³-hybridized carbons (Fsp3) is 0.350. The van der Waals surface area contributed by atoms with Crippen molar-refractivity contribution >= 4 is 5.91 Å². The van der Waals surface area contributed by atoms with Crippen LogP contribution < -0.4 is 5.73 Å². The number of rotatable bonds is 3. The standard InChI is InChI=1S/C20H24N2O2/c1-14-8-10-17(11-9-14)19(21)20(23)22-12-15(2)24-18(13-22)16-6-4-3-5-7-16/h3-11,15,18-19H,12-13,21H2,1-2H3. The molecule has 24 heavy (non-hydrogen) atoms. The Hall–Kier alpha value is -2.17. The van der Waals surface area contributed by atoms with Gasteiger partial charge in [-0.3, -0.25) is 4.79 Å². The summed E-state index contributed by atoms with van der Waals surface area (Å²) in [6, 6.07) is 17.2. The summed E-state index contributed by atoms with van der Waals surface area (Å²) in [6.07, 6.45) is -0.123. The van der Waals surface area contributed by atoms with Crippen LogP contribution in [-0.2, 0) is 9.53 Å². The van der Waals surface area contributed by atoms with Crippen molar-refractivity contribution in [2.24, 2.45) is 5.73 Å². The van der Waals surface area contributed by atoms with E-state index in [4.69, 9.17) is 10.5 Å². The fourth-order valence-electron chi connectivity index (χ4n) is 3.10. The van der Waals surface area contributed by atoms with Crippen molar-refractivity contribution in [1.82, 2.24) is 4.90 Å². The van der Waals surface area contributed by atoms with Crippen molar-refractivity contribution in [2.45, 2.75) is 32.1 Å². The molecule has 0 spiro atoms. The van der Waals surface area contributed by atoms with Crippen LogP contribution >= 0.6 is 0 Å². The molecule has 1 saturated heterocycles. The fourth-order valence-corrected chi connectivity index (χ4v) is 3.10. The first-order chi connectivity index (χ1) is 11.5. The Kier molecular flexibility index (Phi) is 4.97. The zero-order chi connectivity index (χ0) is 17.1. The summed E-state index contributed by atoms with van der Waals surface area (Å²) in [5.74, 6) is -0.0464. The van der Waals surface area contributed by atoms with E-state index in [9.17, 15) is 4.79 Å². The summed E-state index contributed by atoms with van der Waals surface area (Å²) in [4.78, 5) is 14.7. The lowest BCUT2D eigenvalue weighted by atomic mass is 10.0. The number of ether oxygens (including phenoxy) is 1. The molecule has 4 heteroatoms. The molecule has 4 nitrogen and oxygen atoms in total. The van der Waals surface area contributed by atoms with Gasteiger partial charge in [0.15, 0.2) is 0 Å². The summed E-state index contributed by atoms with van der Waals surface area (Å²) >= 11 is 0. The van der Waals surface area contributed by atoms with E-state index < -0.39 is 6.04 Å². The minimum atomic E-state index is -0.632. The summed E-state index contributed by atoms with van der Waals surface area (Å²) < 4.78 is 6.02. The van der Waals surface area contributed by atoms with Crippen LogP contribution in [0.15, 0.2) is 54.6 Å². The molecule has 3 atom stereocenters. The molecule has 0 aliphatic carbocycles. The molecular weight excluding hydrogens is 300 g/mol. The topological polar surface area (TPSA) is 55.6 Å². The number of amides is 1. The lowest BCUT2D eigenvalue weighted by molar-refractivity contribution is -0.146.